The Morgan fingerprint density at radius 1 is 1.16 bits per heavy atom. The van der Waals surface area contributed by atoms with Crippen LogP contribution < -0.4 is 5.73 Å². The molecule has 0 bridgehead atoms. The van der Waals surface area contributed by atoms with E-state index in [-0.39, 0.29) is 0 Å². The predicted octanol–water partition coefficient (Wildman–Crippen LogP) is 4.09. The molecule has 19 heavy (non-hydrogen) atoms. The van der Waals surface area contributed by atoms with Gasteiger partial charge >= 0.3 is 0 Å². The van der Waals surface area contributed by atoms with E-state index in [2.05, 4.69) is 4.98 Å². The number of hydrogen-bond acceptors (Lipinski definition) is 4. The number of rotatable bonds is 3. The molecule has 1 heterocycles. The number of nitrogens with zero attached hydrogens (tertiary/aromatic N) is 1. The first-order valence-electron chi connectivity index (χ1n) is 5.79. The van der Waals surface area contributed by atoms with Gasteiger partial charge in [-0.25, -0.2) is 4.98 Å². The van der Waals surface area contributed by atoms with E-state index in [1.165, 1.54) is 11.8 Å². The molecule has 96 valence electrons. The highest BCUT2D eigenvalue weighted by Gasteiger charge is 2.12. The fraction of sp³-hybridized carbons (Fsp3) is 0.0714. The Labute approximate surface area is 119 Å². The molecule has 0 radical (unpaired) electrons. The lowest BCUT2D eigenvalue weighted by Crippen LogP contribution is -1.98. The van der Waals surface area contributed by atoms with Crippen molar-refractivity contribution < 1.29 is 4.42 Å². The molecule has 0 atom stereocenters. The summed E-state index contributed by atoms with van der Waals surface area (Å²) < 4.78 is 5.68. The van der Waals surface area contributed by atoms with E-state index in [4.69, 9.17) is 21.8 Å². The van der Waals surface area contributed by atoms with Crippen molar-refractivity contribution in [1.82, 2.24) is 4.98 Å². The van der Waals surface area contributed by atoms with Crippen molar-refractivity contribution in [3.63, 3.8) is 0 Å². The lowest BCUT2D eigenvalue weighted by Gasteiger charge is -2.06. The molecule has 0 saturated heterocycles. The van der Waals surface area contributed by atoms with Crippen molar-refractivity contribution in [3.05, 3.63) is 53.1 Å². The van der Waals surface area contributed by atoms with Crippen LogP contribution in [0.25, 0.3) is 11.1 Å². The van der Waals surface area contributed by atoms with Crippen molar-refractivity contribution in [1.29, 1.82) is 0 Å². The van der Waals surface area contributed by atoms with Gasteiger partial charge in [-0.1, -0.05) is 35.9 Å². The van der Waals surface area contributed by atoms with Crippen molar-refractivity contribution in [3.8, 4) is 0 Å². The van der Waals surface area contributed by atoms with Gasteiger partial charge in [-0.15, -0.1) is 0 Å². The standard InChI is InChI=1S/C14H11ClN2OS/c15-10-5-3-4-9(8-16)13(10)19-14-17-11-6-1-2-7-12(11)18-14/h1-7H,8,16H2. The van der Waals surface area contributed by atoms with Crippen LogP contribution in [-0.2, 0) is 6.54 Å². The Morgan fingerprint density at radius 3 is 2.79 bits per heavy atom. The second-order valence-corrected chi connectivity index (χ2v) is 5.35. The zero-order chi connectivity index (χ0) is 13.2. The molecule has 3 rings (SSSR count). The lowest BCUT2D eigenvalue weighted by molar-refractivity contribution is 0.489. The molecule has 2 N–H and O–H groups in total. The molecule has 0 aliphatic heterocycles. The van der Waals surface area contributed by atoms with E-state index in [1.807, 2.05) is 42.5 Å². The van der Waals surface area contributed by atoms with Crippen LogP contribution in [0.15, 0.2) is 57.0 Å². The monoisotopic (exact) mass is 290 g/mol. The number of oxazole rings is 1. The fourth-order valence-corrected chi connectivity index (χ4v) is 3.02. The first kappa shape index (κ1) is 12.5. The minimum atomic E-state index is 0.434. The summed E-state index contributed by atoms with van der Waals surface area (Å²) in [6.45, 7) is 0.434. The van der Waals surface area contributed by atoms with Gasteiger partial charge in [0.05, 0.1) is 5.02 Å². The quantitative estimate of drug-likeness (QED) is 0.789. The van der Waals surface area contributed by atoms with Gasteiger partial charge in [-0.2, -0.15) is 0 Å². The second-order valence-electron chi connectivity index (χ2n) is 3.98. The molecule has 3 aromatic rings. The number of aromatic nitrogens is 1. The number of benzene rings is 2. The van der Waals surface area contributed by atoms with Crippen LogP contribution in [0, 0.1) is 0 Å². The average Bonchev–Trinajstić information content (AvgIpc) is 2.83. The summed E-state index contributed by atoms with van der Waals surface area (Å²) in [6.07, 6.45) is 0. The minimum absolute atomic E-state index is 0.434. The third-order valence-electron chi connectivity index (χ3n) is 2.73. The summed E-state index contributed by atoms with van der Waals surface area (Å²) in [5.41, 5.74) is 8.32. The van der Waals surface area contributed by atoms with Crippen LogP contribution in [0.2, 0.25) is 5.02 Å². The number of halogens is 1. The van der Waals surface area contributed by atoms with Gasteiger partial charge in [0.25, 0.3) is 5.22 Å². The van der Waals surface area contributed by atoms with Gasteiger partial charge in [0.1, 0.15) is 5.52 Å². The van der Waals surface area contributed by atoms with Gasteiger partial charge in [-0.3, -0.25) is 0 Å². The maximum atomic E-state index is 6.21. The third kappa shape index (κ3) is 2.47. The van der Waals surface area contributed by atoms with Crippen molar-refractivity contribution in [2.75, 3.05) is 0 Å². The van der Waals surface area contributed by atoms with E-state index in [9.17, 15) is 0 Å². The first-order chi connectivity index (χ1) is 9.28. The van der Waals surface area contributed by atoms with Crippen LogP contribution in [0.1, 0.15) is 5.56 Å². The van der Waals surface area contributed by atoms with Crippen LogP contribution in [0.3, 0.4) is 0 Å². The number of nitrogens with two attached hydrogens (primary N) is 1. The second kappa shape index (κ2) is 5.25. The summed E-state index contributed by atoms with van der Waals surface area (Å²) in [7, 11) is 0. The largest absolute Gasteiger partial charge is 0.431 e. The maximum absolute atomic E-state index is 6.21. The summed E-state index contributed by atoms with van der Waals surface area (Å²) in [5.74, 6) is 0. The van der Waals surface area contributed by atoms with Crippen LogP contribution >= 0.6 is 23.4 Å². The smallest absolute Gasteiger partial charge is 0.261 e. The molecule has 0 unspecified atom stereocenters. The third-order valence-corrected chi connectivity index (χ3v) is 4.19. The van der Waals surface area contributed by atoms with E-state index < -0.39 is 0 Å². The molecule has 0 fully saturated rings. The van der Waals surface area contributed by atoms with Crippen molar-refractivity contribution in [2.45, 2.75) is 16.7 Å². The Morgan fingerprint density at radius 2 is 2.00 bits per heavy atom. The highest BCUT2D eigenvalue weighted by atomic mass is 35.5. The van der Waals surface area contributed by atoms with E-state index in [0.717, 1.165) is 21.6 Å². The Balaban J connectivity index is 2.01. The first-order valence-corrected chi connectivity index (χ1v) is 6.98. The SMILES string of the molecule is NCc1cccc(Cl)c1Sc1nc2ccccc2o1. The zero-order valence-electron chi connectivity index (χ0n) is 9.97. The molecular weight excluding hydrogens is 280 g/mol. The van der Waals surface area contributed by atoms with Gasteiger partial charge in [-0.05, 0) is 35.5 Å². The molecule has 0 amide bonds. The Hall–Kier alpha value is -1.49. The molecule has 3 nitrogen and oxygen atoms in total. The predicted molar refractivity (Wildman–Crippen MR) is 77.5 cm³/mol. The zero-order valence-corrected chi connectivity index (χ0v) is 11.5. The normalized spacial score (nSPS) is 11.1. The molecule has 0 aliphatic carbocycles. The molecule has 0 spiro atoms. The highest BCUT2D eigenvalue weighted by Crippen LogP contribution is 2.36. The summed E-state index contributed by atoms with van der Waals surface area (Å²) in [6, 6.07) is 13.3. The highest BCUT2D eigenvalue weighted by molar-refractivity contribution is 7.99. The molecule has 5 heteroatoms. The van der Waals surface area contributed by atoms with Crippen molar-refractivity contribution in [2.24, 2.45) is 5.73 Å². The molecule has 2 aromatic carbocycles. The van der Waals surface area contributed by atoms with E-state index in [1.54, 1.807) is 0 Å². The van der Waals surface area contributed by atoms with Crippen LogP contribution in [0.4, 0.5) is 0 Å². The van der Waals surface area contributed by atoms with Gasteiger partial charge in [0.2, 0.25) is 0 Å². The summed E-state index contributed by atoms with van der Waals surface area (Å²) in [5, 5.41) is 1.24. The Kier molecular flexibility index (Phi) is 3.46. The lowest BCUT2D eigenvalue weighted by atomic mass is 10.2. The molecule has 0 saturated carbocycles. The molecule has 1 aromatic heterocycles. The average molecular weight is 291 g/mol. The summed E-state index contributed by atoms with van der Waals surface area (Å²) in [4.78, 5) is 5.32. The fourth-order valence-electron chi connectivity index (χ4n) is 1.81. The van der Waals surface area contributed by atoms with Gasteiger partial charge < -0.3 is 10.2 Å². The maximum Gasteiger partial charge on any atom is 0.261 e. The number of para-hydroxylation sites is 2. The topological polar surface area (TPSA) is 52.0 Å². The van der Waals surface area contributed by atoms with Gasteiger partial charge in [0.15, 0.2) is 5.58 Å². The molecular formula is C14H11ClN2OS. The van der Waals surface area contributed by atoms with E-state index >= 15 is 0 Å². The number of fused-ring (bicyclic) bond motifs is 1. The Bertz CT molecular complexity index is 693. The van der Waals surface area contributed by atoms with Crippen LogP contribution in [-0.4, -0.2) is 4.98 Å². The van der Waals surface area contributed by atoms with Crippen LogP contribution in [0.5, 0.6) is 0 Å². The van der Waals surface area contributed by atoms with E-state index in [0.29, 0.717) is 16.8 Å². The van der Waals surface area contributed by atoms with Gasteiger partial charge in [0, 0.05) is 11.4 Å². The molecule has 0 aliphatic rings. The van der Waals surface area contributed by atoms with Crippen molar-refractivity contribution >= 4 is 34.5 Å². The minimum Gasteiger partial charge on any atom is -0.431 e. The summed E-state index contributed by atoms with van der Waals surface area (Å²) >= 11 is 7.61. The number of hydrogen-bond donors (Lipinski definition) is 1.